The van der Waals surface area contributed by atoms with Gasteiger partial charge in [0.25, 0.3) is 0 Å². The molecule has 20 N–H and O–H groups in total. The summed E-state index contributed by atoms with van der Waals surface area (Å²) in [6, 6.07) is -6.17. The van der Waals surface area contributed by atoms with Gasteiger partial charge in [-0.3, -0.25) is 52.9 Å². The third kappa shape index (κ3) is 24.1. The third-order valence-electron chi connectivity index (χ3n) is 13.1. The number of aromatic hydroxyl groups is 1. The van der Waals surface area contributed by atoms with Gasteiger partial charge in [0.2, 0.25) is 59.1 Å². The molecule has 1 aromatic carbocycles. The van der Waals surface area contributed by atoms with Crippen molar-refractivity contribution in [3.05, 3.63) is 48.0 Å². The van der Waals surface area contributed by atoms with Crippen LogP contribution in [0, 0.1) is 11.8 Å². The fourth-order valence-electron chi connectivity index (χ4n) is 8.69. The van der Waals surface area contributed by atoms with Crippen molar-refractivity contribution in [3.63, 3.8) is 0 Å². The summed E-state index contributed by atoms with van der Waals surface area (Å²) < 4.78 is 0. The van der Waals surface area contributed by atoms with Crippen molar-refractivity contribution in [2.24, 2.45) is 39.8 Å². The Labute approximate surface area is 484 Å². The van der Waals surface area contributed by atoms with Crippen LogP contribution in [0.3, 0.4) is 0 Å². The molecule has 10 amide bonds. The Morgan fingerprint density at radius 1 is 0.759 bits per heavy atom. The Hall–Kier alpha value is -8.06. The molecule has 1 fully saturated rings. The van der Waals surface area contributed by atoms with Crippen LogP contribution in [0.5, 0.6) is 5.75 Å². The highest BCUT2D eigenvalue weighted by atomic mass is 32.2. The number of aromatic nitrogens is 2. The van der Waals surface area contributed by atoms with Crippen LogP contribution >= 0.6 is 11.8 Å². The summed E-state index contributed by atoms with van der Waals surface area (Å²) in [6.07, 6.45) is 4.30. The summed E-state index contributed by atoms with van der Waals surface area (Å²) >= 11 is 1.36. The third-order valence-corrected chi connectivity index (χ3v) is 13.8. The van der Waals surface area contributed by atoms with Crippen molar-refractivity contribution in [3.8, 4) is 5.75 Å². The number of aliphatic hydroxyl groups excluding tert-OH is 1. The number of guanidine groups is 1. The molecule has 1 saturated heterocycles. The number of nitrogens with two attached hydrogens (primary N) is 4. The smallest absolute Gasteiger partial charge is 0.326 e. The summed E-state index contributed by atoms with van der Waals surface area (Å²) in [7, 11) is 0. The van der Waals surface area contributed by atoms with Gasteiger partial charge in [-0.25, -0.2) is 9.78 Å². The number of aliphatic hydroxyl groups is 1. The number of phenols is 1. The molecule has 31 heteroatoms. The van der Waals surface area contributed by atoms with Crippen molar-refractivity contribution in [2.75, 3.05) is 38.2 Å². The Balaban J connectivity index is 1.82. The molecule has 0 aliphatic carbocycles. The lowest BCUT2D eigenvalue weighted by atomic mass is 10.00. The van der Waals surface area contributed by atoms with E-state index < -0.39 is 138 Å². The quantitative estimate of drug-likeness (QED) is 0.0174. The molecule has 460 valence electrons. The predicted molar refractivity (Wildman–Crippen MR) is 304 cm³/mol. The van der Waals surface area contributed by atoms with E-state index in [1.165, 1.54) is 53.5 Å². The number of benzene rings is 1. The molecular weight excluding hydrogens is 1100 g/mol. The predicted octanol–water partition coefficient (Wildman–Crippen LogP) is -4.42. The van der Waals surface area contributed by atoms with Crippen molar-refractivity contribution in [1.29, 1.82) is 0 Å². The number of aliphatic carboxylic acids is 1. The fraction of sp³-hybridized carbons (Fsp3) is 0.596. The molecule has 83 heavy (non-hydrogen) atoms. The van der Waals surface area contributed by atoms with Crippen LogP contribution in [0.4, 0.5) is 0 Å². The van der Waals surface area contributed by atoms with E-state index in [4.69, 9.17) is 22.9 Å². The number of likely N-dealkylation sites (tertiary alicyclic amines) is 1. The first-order valence-electron chi connectivity index (χ1n) is 27.1. The molecule has 0 spiro atoms. The van der Waals surface area contributed by atoms with E-state index in [-0.39, 0.29) is 88.5 Å². The molecule has 0 saturated carbocycles. The summed E-state index contributed by atoms with van der Waals surface area (Å²) in [5.41, 5.74) is 23.1. The minimum Gasteiger partial charge on any atom is -0.508 e. The number of thioether (sulfide) groups is 1. The number of carbonyl (C=O) groups is 11. The number of carbonyl (C=O) groups excluding carboxylic acids is 10. The Morgan fingerprint density at radius 2 is 1.35 bits per heavy atom. The lowest BCUT2D eigenvalue weighted by Gasteiger charge is -2.29. The Morgan fingerprint density at radius 3 is 1.92 bits per heavy atom. The van der Waals surface area contributed by atoms with E-state index in [1.54, 1.807) is 34.0 Å². The van der Waals surface area contributed by atoms with Gasteiger partial charge < -0.3 is 90.7 Å². The van der Waals surface area contributed by atoms with Gasteiger partial charge in [-0.15, -0.1) is 0 Å². The molecule has 2 aromatic rings. The summed E-state index contributed by atoms with van der Waals surface area (Å²) in [4.78, 5) is 160. The molecule has 0 unspecified atom stereocenters. The van der Waals surface area contributed by atoms with Gasteiger partial charge in [0, 0.05) is 44.2 Å². The first-order chi connectivity index (χ1) is 39.2. The number of hydrogen-bond donors (Lipinski definition) is 16. The number of primary amides is 1. The number of phenolic OH excluding ortho intramolecular Hbond substituents is 1. The summed E-state index contributed by atoms with van der Waals surface area (Å²) in [6.45, 7) is 5.49. The van der Waals surface area contributed by atoms with E-state index in [1.807, 2.05) is 0 Å². The average molecular weight is 1190 g/mol. The zero-order valence-electron chi connectivity index (χ0n) is 47.3. The topological polar surface area (TPSA) is 493 Å². The number of hydrogen-bond acceptors (Lipinski definition) is 17. The van der Waals surface area contributed by atoms with Crippen molar-refractivity contribution in [1.82, 2.24) is 57.4 Å². The largest absolute Gasteiger partial charge is 0.508 e. The van der Waals surface area contributed by atoms with Gasteiger partial charge in [-0.05, 0) is 86.5 Å². The van der Waals surface area contributed by atoms with Gasteiger partial charge in [0.05, 0.1) is 19.5 Å². The number of H-pyrrole nitrogens is 1. The van der Waals surface area contributed by atoms with E-state index in [0.717, 1.165) is 0 Å². The van der Waals surface area contributed by atoms with Crippen molar-refractivity contribution < 1.29 is 68.1 Å². The van der Waals surface area contributed by atoms with E-state index >= 15 is 0 Å². The second kappa shape index (κ2) is 35.1. The lowest BCUT2D eigenvalue weighted by Crippen LogP contribution is -2.60. The number of rotatable bonds is 36. The maximum absolute atomic E-state index is 14.2. The maximum atomic E-state index is 14.2. The molecular formula is C52H82N16O14S. The normalized spacial score (nSPS) is 15.9. The fourth-order valence-corrected chi connectivity index (χ4v) is 9.16. The lowest BCUT2D eigenvalue weighted by molar-refractivity contribution is -0.142. The first-order valence-corrected chi connectivity index (χ1v) is 28.5. The molecule has 1 aromatic heterocycles. The number of nitrogens with zero attached hydrogens (tertiary/aromatic N) is 3. The number of carboxylic acid groups (broad SMARTS) is 1. The highest BCUT2D eigenvalue weighted by Crippen LogP contribution is 2.20. The highest BCUT2D eigenvalue weighted by molar-refractivity contribution is 7.98. The van der Waals surface area contributed by atoms with E-state index in [2.05, 4.69) is 57.5 Å². The molecule has 9 atom stereocenters. The van der Waals surface area contributed by atoms with Gasteiger partial charge in [0.1, 0.15) is 60.1 Å². The van der Waals surface area contributed by atoms with Gasteiger partial charge in [0.15, 0.2) is 5.96 Å². The summed E-state index contributed by atoms with van der Waals surface area (Å²) in [5.74, 6) is -10.4. The number of aromatic amines is 1. The van der Waals surface area contributed by atoms with Crippen LogP contribution in [0.25, 0.3) is 0 Å². The average Bonchev–Trinajstić information content (AvgIpc) is 4.18. The van der Waals surface area contributed by atoms with Gasteiger partial charge >= 0.3 is 5.97 Å². The molecule has 2 heterocycles. The number of nitrogens with one attached hydrogen (secondary N) is 9. The van der Waals surface area contributed by atoms with Gasteiger partial charge in [-0.2, -0.15) is 11.8 Å². The van der Waals surface area contributed by atoms with E-state index in [9.17, 15) is 68.1 Å². The second-order valence-electron chi connectivity index (χ2n) is 20.7. The zero-order chi connectivity index (χ0) is 61.9. The number of carboxylic acids is 1. The summed E-state index contributed by atoms with van der Waals surface area (Å²) in [5, 5.41) is 49.8. The first kappa shape index (κ1) is 69.2. The second-order valence-corrected chi connectivity index (χ2v) is 21.7. The molecule has 1 aliphatic heterocycles. The zero-order valence-corrected chi connectivity index (χ0v) is 48.1. The SMILES string of the molecule is CSCC[C@H](NC(=O)[C@H](Cc1ccc(O)cc1)NC(=O)CNC(=O)[C@@H](NC(=O)[C@H](CCCN=C(N)N)NC(=O)[C@H](CC(C)C)NC(=O)[C@H](CCC(N)=O)NC(=O)[C@@H]1CCCN1C(=O)[C@@H](N)CO)C(C)C)C(=O)N[C@@H](Cc1cnc[nH]1)C(=O)O. The minimum absolute atomic E-state index is 0.00529. The van der Waals surface area contributed by atoms with Crippen LogP contribution in [0.15, 0.2) is 41.8 Å². The monoisotopic (exact) mass is 1190 g/mol. The van der Waals surface area contributed by atoms with Crippen LogP contribution in [0.1, 0.15) is 90.3 Å². The molecule has 0 bridgehead atoms. The Kier molecular flexibility index (Phi) is 29.2. The van der Waals surface area contributed by atoms with Crippen LogP contribution in [-0.4, -0.2) is 194 Å². The van der Waals surface area contributed by atoms with Crippen LogP contribution in [0.2, 0.25) is 0 Å². The van der Waals surface area contributed by atoms with Crippen LogP contribution < -0.4 is 65.5 Å². The van der Waals surface area contributed by atoms with Crippen LogP contribution in [-0.2, 0) is 65.6 Å². The van der Waals surface area contributed by atoms with Crippen molar-refractivity contribution >= 4 is 82.8 Å². The standard InChI is InChI=1S/C52H82N16O14S/c1-27(2)20-36(65-43(73)34(14-15-40(54)71)64-48(78)39-9-7-18-68(39)50(80)32(53)25-69)46(76)62-33(8-6-17-58-52(55)56)45(75)67-42(28(3)4)49(79)59-24-41(72)61-37(21-29-10-12-31(70)13-11-29)47(77)63-35(16-19-83-5)44(74)66-38(51(81)82)22-30-23-57-26-60-30/h10-13,23,26-28,32-39,42,69-70H,6-9,14-22,24-25,53H2,1-5H3,(H2,54,71)(H,57,60)(H,59,79)(H,61,72)(H,62,76)(H,63,77)(H,64,78)(H,65,73)(H,66,74)(H,67,75)(H,81,82)(H4,55,56,58)/t32-,33-,34-,35-,36-,37-,38-,39-,42-/m0/s1. The van der Waals surface area contributed by atoms with Gasteiger partial charge in [-0.1, -0.05) is 39.8 Å². The maximum Gasteiger partial charge on any atom is 0.326 e. The van der Waals surface area contributed by atoms with E-state index in [0.29, 0.717) is 23.4 Å². The number of amides is 10. The molecule has 0 radical (unpaired) electrons. The molecule has 30 nitrogen and oxygen atoms in total. The number of aliphatic imine (C=N–C) groups is 1. The Bertz CT molecular complexity index is 2550. The highest BCUT2D eigenvalue weighted by Gasteiger charge is 2.39. The van der Waals surface area contributed by atoms with Crippen molar-refractivity contribution in [2.45, 2.75) is 146 Å². The minimum atomic E-state index is -1.44. The number of imidazole rings is 1. The molecule has 3 rings (SSSR count). The molecule has 1 aliphatic rings.